The largest absolute Gasteiger partial charge is 0.458 e. The molecule has 86 heavy (non-hydrogen) atoms. The summed E-state index contributed by atoms with van der Waals surface area (Å²) in [6.45, 7) is 21.5. The molecule has 20 heteroatoms. The molecule has 0 unspecified atom stereocenters. The van der Waals surface area contributed by atoms with Crippen LogP contribution in [0.15, 0.2) is 58.2 Å². The van der Waals surface area contributed by atoms with Crippen molar-refractivity contribution in [2.24, 2.45) is 51.8 Å². The second-order valence-corrected chi connectivity index (χ2v) is 29.7. The average molecular weight is 1220 g/mol. The second-order valence-electron chi connectivity index (χ2n) is 28.8. The summed E-state index contributed by atoms with van der Waals surface area (Å²) < 4.78 is 63.3. The number of hydrogen-bond acceptors (Lipinski definition) is 18. The number of halogens is 2. The van der Waals surface area contributed by atoms with Gasteiger partial charge in [0.1, 0.15) is 36.2 Å². The number of allylic oxidation sites excluding steroid dienone is 5. The molecule has 15 rings (SSSR count). The third kappa shape index (κ3) is 9.60. The van der Waals surface area contributed by atoms with Crippen LogP contribution in [0.3, 0.4) is 0 Å². The predicted molar refractivity (Wildman–Crippen MR) is 303 cm³/mol. The standard InChI is InChI=1S/C14H17ClO4.C14H18O4.C13H15FO4.C13H16O4.C12H16O2/c1-8(16)19-14-9-6-13(3,15)7-12(14,2)5-4-10(14)18-11(9)17;1-8(15)18-14-9-4-5-11(14)17-12(16)10(14)7-13(2,3)6-9;1-7(15)18-13-8-3-4-10(13)17-11(16)9(13)6-12(2,14)5-8;1-7-5-9-3-4-11-13(9,17-8(2)14)10(6-7)12(15)16-11;1-7-5-8-3-4-10-12(8,2)9(6-7)11(13)14-10/h6,10H,4-5,7H2,1-3H3;7,9,11H,4-6H2,1-3H3;6,8,10H,3-5H2,1-2H3;6-7,9,11H,3-5H2,1-2H3;6-8,10H,3-5H2,1-2H3/t10-,12-,13-,14+;9-,11-,14+;8-,10-,12+,13+;7-,9+,11+,13-;7-,8+,10+,12+/m11100/s1. The molecule has 19 atom stereocenters. The number of hydrogen-bond donors (Lipinski definition) is 0. The first-order chi connectivity index (χ1) is 40.1. The summed E-state index contributed by atoms with van der Waals surface area (Å²) in [7, 11) is 0. The van der Waals surface area contributed by atoms with Gasteiger partial charge in [0.25, 0.3) is 0 Å². The van der Waals surface area contributed by atoms with Crippen molar-refractivity contribution in [1.82, 2.24) is 0 Å². The van der Waals surface area contributed by atoms with Crippen molar-refractivity contribution in [3.63, 3.8) is 0 Å². The van der Waals surface area contributed by atoms with Crippen molar-refractivity contribution < 1.29 is 90.2 Å². The molecule has 0 N–H and O–H groups in total. The molecular formula is C66H82ClFO18. The Labute approximate surface area is 506 Å². The monoisotopic (exact) mass is 1220 g/mol. The van der Waals surface area contributed by atoms with Crippen LogP contribution in [0.4, 0.5) is 4.39 Å². The third-order valence-electron chi connectivity index (χ3n) is 21.8. The smallest absolute Gasteiger partial charge is 0.338 e. The van der Waals surface area contributed by atoms with Crippen molar-refractivity contribution in [3.8, 4) is 0 Å². The van der Waals surface area contributed by atoms with Crippen LogP contribution in [0.2, 0.25) is 0 Å². The van der Waals surface area contributed by atoms with E-state index < -0.39 is 57.0 Å². The third-order valence-corrected chi connectivity index (χ3v) is 22.1. The van der Waals surface area contributed by atoms with Crippen molar-refractivity contribution >= 4 is 65.3 Å². The Hall–Kier alpha value is -5.85. The molecule has 0 spiro atoms. The van der Waals surface area contributed by atoms with Crippen LogP contribution < -0.4 is 0 Å². The minimum atomic E-state index is -1.54. The fourth-order valence-corrected chi connectivity index (χ4v) is 19.4. The number of carbonyl (C=O) groups is 9. The highest BCUT2D eigenvalue weighted by molar-refractivity contribution is 6.25. The van der Waals surface area contributed by atoms with Gasteiger partial charge in [-0.2, -0.15) is 0 Å². The molecular weight excluding hydrogens is 1140 g/mol. The topological polar surface area (TPSA) is 237 Å². The average Bonchev–Trinajstić information content (AvgIpc) is 1.55. The highest BCUT2D eigenvalue weighted by Gasteiger charge is 2.73. The Balaban J connectivity index is 0.000000112. The summed E-state index contributed by atoms with van der Waals surface area (Å²) in [5.74, 6) is -1.28. The number of ether oxygens (including phenoxy) is 9. The molecule has 0 radical (unpaired) electrons. The Morgan fingerprint density at radius 1 is 0.477 bits per heavy atom. The Morgan fingerprint density at radius 3 is 1.43 bits per heavy atom. The van der Waals surface area contributed by atoms with Gasteiger partial charge in [0.2, 0.25) is 0 Å². The van der Waals surface area contributed by atoms with Crippen LogP contribution in [0.1, 0.15) is 179 Å². The van der Waals surface area contributed by atoms with E-state index in [4.69, 9.17) is 54.2 Å². The number of esters is 9. The maximum absolute atomic E-state index is 14.2. The summed E-state index contributed by atoms with van der Waals surface area (Å²) in [5.41, 5.74) is -2.65. The highest BCUT2D eigenvalue weighted by atomic mass is 35.5. The lowest BCUT2D eigenvalue weighted by Gasteiger charge is -2.47. The summed E-state index contributed by atoms with van der Waals surface area (Å²) in [6.07, 6.45) is 20.5. The van der Waals surface area contributed by atoms with Gasteiger partial charge >= 0.3 is 53.7 Å². The number of rotatable bonds is 4. The maximum Gasteiger partial charge on any atom is 0.338 e. The van der Waals surface area contributed by atoms with Crippen LogP contribution in [0.5, 0.6) is 0 Å². The van der Waals surface area contributed by atoms with E-state index in [-0.39, 0.29) is 106 Å². The molecule has 5 aliphatic heterocycles. The Kier molecular flexibility index (Phi) is 15.0. The zero-order chi connectivity index (χ0) is 62.4. The zero-order valence-corrected chi connectivity index (χ0v) is 52.2. The van der Waals surface area contributed by atoms with Gasteiger partial charge < -0.3 is 42.6 Å². The van der Waals surface area contributed by atoms with Gasteiger partial charge in [0.15, 0.2) is 22.4 Å². The molecule has 10 fully saturated rings. The molecule has 0 bridgehead atoms. The van der Waals surface area contributed by atoms with E-state index in [1.54, 1.807) is 6.08 Å². The lowest BCUT2D eigenvalue weighted by molar-refractivity contribution is -0.172. The second kappa shape index (κ2) is 20.9. The van der Waals surface area contributed by atoms with Crippen molar-refractivity contribution in [2.75, 3.05) is 0 Å². The van der Waals surface area contributed by atoms with Crippen LogP contribution >= 0.6 is 11.6 Å². The van der Waals surface area contributed by atoms with E-state index in [1.807, 2.05) is 26.0 Å². The predicted octanol–water partition coefficient (Wildman–Crippen LogP) is 9.89. The molecule has 5 saturated carbocycles. The van der Waals surface area contributed by atoms with Gasteiger partial charge in [-0.25, -0.2) is 28.4 Å². The van der Waals surface area contributed by atoms with Gasteiger partial charge in [0.05, 0.1) is 27.2 Å². The van der Waals surface area contributed by atoms with Crippen molar-refractivity contribution in [1.29, 1.82) is 0 Å². The summed E-state index contributed by atoms with van der Waals surface area (Å²) in [4.78, 5) is 104. The number of alkyl halides is 2. The minimum Gasteiger partial charge on any atom is -0.458 e. The van der Waals surface area contributed by atoms with E-state index in [9.17, 15) is 47.5 Å². The molecule has 5 saturated heterocycles. The highest BCUT2D eigenvalue weighted by Crippen LogP contribution is 2.65. The minimum absolute atomic E-state index is 0.0398. The van der Waals surface area contributed by atoms with Crippen molar-refractivity contribution in [3.05, 3.63) is 58.2 Å². The molecule has 0 amide bonds. The molecule has 0 aromatic rings. The van der Waals surface area contributed by atoms with Crippen molar-refractivity contribution in [2.45, 2.75) is 243 Å². The van der Waals surface area contributed by atoms with Crippen LogP contribution in [-0.4, -0.2) is 117 Å². The normalized spacial score (nSPS) is 44.9. The van der Waals surface area contributed by atoms with E-state index >= 15 is 0 Å². The van der Waals surface area contributed by atoms with E-state index in [0.717, 1.165) is 56.9 Å². The first kappa shape index (κ1) is 61.8. The SMILES string of the molecule is CC(=O)O[C@]12C3=CC(C)(C)C[C@H]1CC[C@H]2OC3=O.CC(=O)O[C@]12C3=C[C@@H](C)C[C@H]1CC[C@H]2OC3=O.CC(=O)O[C@]12C3=C[C@@](C)(Cl)C[C@@]1(C)CC[C@H]2OC3=O.CC(=O)O[C@]12C3=C[C@@](C)(F)C[C@H]1CC[C@H]2OC3=O.C[C@@H]1C=C2C(=O)O[C@@H]3CC[C@H](C1)[C@]23C. The quantitative estimate of drug-likeness (QED) is 0.145. The molecule has 0 aromatic carbocycles. The lowest BCUT2D eigenvalue weighted by Crippen LogP contribution is -2.55. The van der Waals surface area contributed by atoms with Crippen LogP contribution in [-0.2, 0) is 85.8 Å². The molecule has 18 nitrogen and oxygen atoms in total. The number of carbonyl (C=O) groups excluding carboxylic acids is 9. The molecule has 5 heterocycles. The maximum atomic E-state index is 14.2. The van der Waals surface area contributed by atoms with Crippen LogP contribution in [0, 0.1) is 51.8 Å². The first-order valence-corrected chi connectivity index (χ1v) is 31.3. The lowest BCUT2D eigenvalue weighted by atomic mass is 9.63. The van der Waals surface area contributed by atoms with Crippen LogP contribution in [0.25, 0.3) is 0 Å². The summed E-state index contributed by atoms with van der Waals surface area (Å²) in [5, 5.41) is 0. The Bertz CT molecular complexity index is 3060. The fourth-order valence-electron chi connectivity index (χ4n) is 19.0. The van der Waals surface area contributed by atoms with Gasteiger partial charge in [-0.05, 0) is 145 Å². The molecule has 468 valence electrons. The van der Waals surface area contributed by atoms with Gasteiger partial charge in [-0.3, -0.25) is 19.2 Å². The molecule has 15 aliphatic rings. The van der Waals surface area contributed by atoms with E-state index in [2.05, 4.69) is 40.7 Å². The summed E-state index contributed by atoms with van der Waals surface area (Å²) >= 11 is 6.46. The first-order valence-electron chi connectivity index (χ1n) is 30.9. The van der Waals surface area contributed by atoms with Gasteiger partial charge in [-0.15, -0.1) is 11.6 Å². The van der Waals surface area contributed by atoms with Gasteiger partial charge in [-0.1, -0.05) is 59.8 Å². The zero-order valence-electron chi connectivity index (χ0n) is 51.4. The van der Waals surface area contributed by atoms with Gasteiger partial charge in [0, 0.05) is 61.9 Å². The molecule has 10 aliphatic carbocycles. The molecule has 0 aromatic heterocycles. The van der Waals surface area contributed by atoms with E-state index in [0.29, 0.717) is 60.2 Å². The Morgan fingerprint density at radius 2 is 0.884 bits per heavy atom. The summed E-state index contributed by atoms with van der Waals surface area (Å²) in [6, 6.07) is 0. The van der Waals surface area contributed by atoms with E-state index in [1.165, 1.54) is 53.5 Å². The fraction of sp³-hybridized carbons (Fsp3) is 0.712.